The molecule has 0 saturated heterocycles. The predicted molar refractivity (Wildman–Crippen MR) is 103 cm³/mol. The van der Waals surface area contributed by atoms with Gasteiger partial charge in [-0.05, 0) is 45.1 Å². The molecule has 3 aromatic rings. The summed E-state index contributed by atoms with van der Waals surface area (Å²) in [6.07, 6.45) is 2.11. The Labute approximate surface area is 162 Å². The maximum Gasteiger partial charge on any atom is 0.261 e. The number of aromatic nitrogens is 3. The fourth-order valence-electron chi connectivity index (χ4n) is 3.40. The van der Waals surface area contributed by atoms with Crippen LogP contribution in [-0.2, 0) is 23.1 Å². The first-order valence-corrected chi connectivity index (χ1v) is 11.3. The quantitative estimate of drug-likeness (QED) is 0.647. The highest BCUT2D eigenvalue weighted by Crippen LogP contribution is 2.40. The van der Waals surface area contributed by atoms with Crippen molar-refractivity contribution in [3.63, 3.8) is 0 Å². The molecular weight excluding hydrogens is 384 g/mol. The average molecular weight is 407 g/mol. The van der Waals surface area contributed by atoms with Gasteiger partial charge in [0, 0.05) is 35.3 Å². The number of rotatable bonds is 7. The number of thiophene rings is 1. The first-order valence-electron chi connectivity index (χ1n) is 8.98. The van der Waals surface area contributed by atoms with Gasteiger partial charge in [0.15, 0.2) is 5.82 Å². The van der Waals surface area contributed by atoms with E-state index >= 15 is 0 Å². The van der Waals surface area contributed by atoms with Crippen LogP contribution in [0, 0.1) is 13.8 Å². The van der Waals surface area contributed by atoms with Gasteiger partial charge in [0.1, 0.15) is 4.90 Å². The van der Waals surface area contributed by atoms with Gasteiger partial charge < -0.3 is 9.09 Å². The lowest BCUT2D eigenvalue weighted by atomic mass is 10.2. The van der Waals surface area contributed by atoms with Crippen molar-refractivity contribution < 1.29 is 12.9 Å². The van der Waals surface area contributed by atoms with Gasteiger partial charge >= 0.3 is 0 Å². The fourth-order valence-corrected chi connectivity index (χ4v) is 5.63. The van der Waals surface area contributed by atoms with Crippen LogP contribution in [0.15, 0.2) is 26.9 Å². The van der Waals surface area contributed by atoms with Gasteiger partial charge in [0.05, 0.1) is 5.56 Å². The van der Waals surface area contributed by atoms with E-state index in [4.69, 9.17) is 4.52 Å². The molecule has 27 heavy (non-hydrogen) atoms. The van der Waals surface area contributed by atoms with Crippen LogP contribution in [0.5, 0.6) is 0 Å². The average Bonchev–Trinajstić information content (AvgIpc) is 3.06. The van der Waals surface area contributed by atoms with E-state index < -0.39 is 10.0 Å². The van der Waals surface area contributed by atoms with Crippen molar-refractivity contribution in [3.8, 4) is 11.5 Å². The lowest BCUT2D eigenvalue weighted by Crippen LogP contribution is -2.24. The predicted octanol–water partition coefficient (Wildman–Crippen LogP) is 3.59. The molecule has 0 amide bonds. The molecule has 3 heterocycles. The largest absolute Gasteiger partial charge is 0.347 e. The van der Waals surface area contributed by atoms with E-state index in [2.05, 4.69) is 14.9 Å². The van der Waals surface area contributed by atoms with Crippen LogP contribution in [0.4, 0.5) is 0 Å². The Morgan fingerprint density at radius 3 is 2.74 bits per heavy atom. The molecule has 144 valence electrons. The molecule has 1 fully saturated rings. The minimum absolute atomic E-state index is 0.226. The van der Waals surface area contributed by atoms with Crippen molar-refractivity contribution in [1.29, 1.82) is 0 Å². The highest BCUT2D eigenvalue weighted by Gasteiger charge is 2.34. The molecule has 3 aromatic heterocycles. The second-order valence-corrected chi connectivity index (χ2v) is 9.49. The summed E-state index contributed by atoms with van der Waals surface area (Å²) in [5.74, 6) is 1.29. The van der Waals surface area contributed by atoms with Gasteiger partial charge in [-0.3, -0.25) is 0 Å². The Hall–Kier alpha value is -1.97. The number of sulfonamides is 1. The van der Waals surface area contributed by atoms with Crippen LogP contribution in [0.1, 0.15) is 47.8 Å². The summed E-state index contributed by atoms with van der Waals surface area (Å²) in [4.78, 5) is 5.68. The summed E-state index contributed by atoms with van der Waals surface area (Å²) in [6, 6.07) is 3.81. The summed E-state index contributed by atoms with van der Waals surface area (Å²) in [7, 11) is -3.74. The van der Waals surface area contributed by atoms with Gasteiger partial charge in [-0.15, -0.1) is 11.3 Å². The lowest BCUT2D eigenvalue weighted by molar-refractivity contribution is 0.421. The highest BCUT2D eigenvalue weighted by atomic mass is 32.2. The molecule has 0 aromatic carbocycles. The first kappa shape index (κ1) is 18.4. The van der Waals surface area contributed by atoms with Gasteiger partial charge in [-0.1, -0.05) is 11.2 Å². The second kappa shape index (κ2) is 6.88. The van der Waals surface area contributed by atoms with Crippen LogP contribution in [-0.4, -0.2) is 23.1 Å². The molecule has 0 atom stereocenters. The number of nitrogens with zero attached hydrogens (tertiary/aromatic N) is 3. The topological polar surface area (TPSA) is 90.0 Å². The van der Waals surface area contributed by atoms with E-state index in [1.165, 1.54) is 11.3 Å². The summed E-state index contributed by atoms with van der Waals surface area (Å²) in [5.41, 5.74) is 2.00. The monoisotopic (exact) mass is 406 g/mol. The SMILES string of the molecule is CCn1c(C)c(-c2nc(C3CC3)no2)c(S(=O)(=O)NCc2cccs2)c1C. The van der Waals surface area contributed by atoms with Crippen LogP contribution >= 0.6 is 11.3 Å². The van der Waals surface area contributed by atoms with Crippen molar-refractivity contribution in [2.24, 2.45) is 0 Å². The van der Waals surface area contributed by atoms with E-state index in [0.717, 1.165) is 23.4 Å². The second-order valence-electron chi connectivity index (χ2n) is 6.76. The van der Waals surface area contributed by atoms with E-state index in [1.54, 1.807) is 0 Å². The molecule has 0 aliphatic heterocycles. The molecule has 9 heteroatoms. The van der Waals surface area contributed by atoms with Crippen LogP contribution in [0.2, 0.25) is 0 Å². The summed E-state index contributed by atoms with van der Waals surface area (Å²) < 4.78 is 36.5. The molecule has 1 aliphatic rings. The van der Waals surface area contributed by atoms with E-state index in [0.29, 0.717) is 29.5 Å². The summed E-state index contributed by atoms with van der Waals surface area (Å²) >= 11 is 1.52. The van der Waals surface area contributed by atoms with Crippen molar-refractivity contribution >= 4 is 21.4 Å². The third kappa shape index (κ3) is 3.35. The molecule has 1 N–H and O–H groups in total. The Morgan fingerprint density at radius 1 is 1.33 bits per heavy atom. The van der Waals surface area contributed by atoms with Crippen LogP contribution in [0.25, 0.3) is 11.5 Å². The zero-order valence-corrected chi connectivity index (χ0v) is 17.2. The van der Waals surface area contributed by atoms with E-state index in [9.17, 15) is 8.42 Å². The highest BCUT2D eigenvalue weighted by molar-refractivity contribution is 7.89. The molecular formula is C18H22N4O3S2. The molecule has 1 saturated carbocycles. The molecule has 0 unspecified atom stereocenters. The lowest BCUT2D eigenvalue weighted by Gasteiger charge is -2.08. The van der Waals surface area contributed by atoms with E-state index in [-0.39, 0.29) is 17.3 Å². The molecule has 0 bridgehead atoms. The first-order chi connectivity index (χ1) is 12.9. The molecule has 1 aliphatic carbocycles. The molecule has 7 nitrogen and oxygen atoms in total. The maximum atomic E-state index is 13.2. The van der Waals surface area contributed by atoms with Gasteiger partial charge in [0.2, 0.25) is 10.0 Å². The zero-order chi connectivity index (χ0) is 19.2. The molecule has 4 rings (SSSR count). The summed E-state index contributed by atoms with van der Waals surface area (Å²) in [5, 5.41) is 5.99. The number of hydrogen-bond donors (Lipinski definition) is 1. The standard InChI is InChI=1S/C18H22N4O3S2/c1-4-22-11(2)15(18-20-17(21-25-18)13-7-8-13)16(12(22)3)27(23,24)19-10-14-6-5-9-26-14/h5-6,9,13,19H,4,7-8,10H2,1-3H3. The van der Waals surface area contributed by atoms with Crippen molar-refractivity contribution in [2.75, 3.05) is 0 Å². The normalized spacial score (nSPS) is 14.8. The third-order valence-corrected chi connectivity index (χ3v) is 7.36. The Balaban J connectivity index is 1.78. The van der Waals surface area contributed by atoms with E-state index in [1.807, 2.05) is 42.9 Å². The van der Waals surface area contributed by atoms with Crippen molar-refractivity contribution in [1.82, 2.24) is 19.4 Å². The van der Waals surface area contributed by atoms with Gasteiger partial charge in [-0.2, -0.15) is 4.98 Å². The minimum Gasteiger partial charge on any atom is -0.347 e. The Bertz CT molecular complexity index is 1060. The number of nitrogens with one attached hydrogen (secondary N) is 1. The minimum atomic E-state index is -3.74. The summed E-state index contributed by atoms with van der Waals surface area (Å²) in [6.45, 7) is 6.62. The maximum absolute atomic E-state index is 13.2. The fraction of sp³-hybridized carbons (Fsp3) is 0.444. The van der Waals surface area contributed by atoms with Crippen LogP contribution < -0.4 is 4.72 Å². The molecule has 0 radical (unpaired) electrons. The smallest absolute Gasteiger partial charge is 0.261 e. The zero-order valence-electron chi connectivity index (χ0n) is 15.5. The Kier molecular flexibility index (Phi) is 4.69. The van der Waals surface area contributed by atoms with Gasteiger partial charge in [0.25, 0.3) is 5.89 Å². The van der Waals surface area contributed by atoms with Crippen LogP contribution in [0.3, 0.4) is 0 Å². The molecule has 0 spiro atoms. The van der Waals surface area contributed by atoms with Gasteiger partial charge in [-0.25, -0.2) is 13.1 Å². The third-order valence-electron chi connectivity index (χ3n) is 4.93. The number of hydrogen-bond acceptors (Lipinski definition) is 6. The Morgan fingerprint density at radius 2 is 2.11 bits per heavy atom. The van der Waals surface area contributed by atoms with Crippen molar-refractivity contribution in [2.45, 2.75) is 57.5 Å². The van der Waals surface area contributed by atoms with Crippen molar-refractivity contribution in [3.05, 3.63) is 39.6 Å².